The number of carbonyl (C=O) groups excluding carboxylic acids is 2. The predicted molar refractivity (Wildman–Crippen MR) is 96.7 cm³/mol. The number of imide groups is 1. The zero-order chi connectivity index (χ0) is 18.5. The van der Waals surface area contributed by atoms with Crippen LogP contribution in [-0.2, 0) is 4.79 Å². The zero-order valence-electron chi connectivity index (χ0n) is 13.4. The maximum absolute atomic E-state index is 13.1. The Kier molecular flexibility index (Phi) is 5.85. The summed E-state index contributed by atoms with van der Waals surface area (Å²) in [5, 5.41) is 4.75. The molecule has 9 heteroatoms. The number of urea groups is 1. The molecule has 1 aliphatic rings. The number of amides is 3. The molecule has 0 fully saturated rings. The summed E-state index contributed by atoms with van der Waals surface area (Å²) in [5.74, 6) is 0.0952. The number of ether oxygens (including phenoxy) is 2. The molecule has 2 aromatic carbocycles. The second-order valence-corrected chi connectivity index (χ2v) is 6.68. The third kappa shape index (κ3) is 4.80. The van der Waals surface area contributed by atoms with Crippen molar-refractivity contribution in [1.29, 1.82) is 0 Å². The number of fused-ring (bicyclic) bond motifs is 1. The van der Waals surface area contributed by atoms with Gasteiger partial charge >= 0.3 is 6.03 Å². The van der Waals surface area contributed by atoms with Crippen molar-refractivity contribution in [1.82, 2.24) is 5.32 Å². The molecule has 3 amide bonds. The molecule has 0 bridgehead atoms. The Hall–Kier alpha value is -2.45. The van der Waals surface area contributed by atoms with E-state index in [9.17, 15) is 14.0 Å². The molecule has 1 heterocycles. The lowest BCUT2D eigenvalue weighted by Crippen LogP contribution is -2.35. The lowest BCUT2D eigenvalue weighted by molar-refractivity contribution is -0.117. The van der Waals surface area contributed by atoms with Gasteiger partial charge in [-0.2, -0.15) is 0 Å². The first-order chi connectivity index (χ1) is 12.5. The van der Waals surface area contributed by atoms with Crippen LogP contribution in [0, 0.1) is 5.82 Å². The minimum atomic E-state index is -0.663. The van der Waals surface area contributed by atoms with Crippen molar-refractivity contribution in [3.63, 3.8) is 0 Å². The predicted octanol–water partition coefficient (Wildman–Crippen LogP) is 3.69. The van der Waals surface area contributed by atoms with E-state index in [1.165, 1.54) is 18.2 Å². The van der Waals surface area contributed by atoms with Crippen LogP contribution >= 0.6 is 23.4 Å². The minimum Gasteiger partial charge on any atom is -0.486 e. The smallest absolute Gasteiger partial charge is 0.325 e. The van der Waals surface area contributed by atoms with Crippen molar-refractivity contribution in [2.75, 3.05) is 24.3 Å². The van der Waals surface area contributed by atoms with E-state index in [4.69, 9.17) is 21.1 Å². The number of carbonyl (C=O) groups is 2. The van der Waals surface area contributed by atoms with E-state index < -0.39 is 17.8 Å². The van der Waals surface area contributed by atoms with Gasteiger partial charge in [-0.15, -0.1) is 11.8 Å². The third-order valence-electron chi connectivity index (χ3n) is 3.31. The standard InChI is InChI=1S/C17H14ClFN2O4S/c18-12-8-11(2-3-13(12)19)26-9-16(22)21-17(23)20-10-1-4-14-15(7-10)25-6-5-24-14/h1-4,7-8H,5-6,9H2,(H2,20,21,22,23). The summed E-state index contributed by atoms with van der Waals surface area (Å²) in [6.45, 7) is 0.914. The van der Waals surface area contributed by atoms with E-state index in [-0.39, 0.29) is 10.8 Å². The first-order valence-electron chi connectivity index (χ1n) is 7.59. The van der Waals surface area contributed by atoms with E-state index in [2.05, 4.69) is 10.6 Å². The topological polar surface area (TPSA) is 76.7 Å². The summed E-state index contributed by atoms with van der Waals surface area (Å²) < 4.78 is 23.9. The molecule has 0 aromatic heterocycles. The molecule has 6 nitrogen and oxygen atoms in total. The maximum atomic E-state index is 13.1. The molecule has 0 unspecified atom stereocenters. The number of rotatable bonds is 4. The lowest BCUT2D eigenvalue weighted by Gasteiger charge is -2.19. The second kappa shape index (κ2) is 8.29. The van der Waals surface area contributed by atoms with Crippen LogP contribution < -0.4 is 20.1 Å². The molecule has 0 aliphatic carbocycles. The average molecular weight is 397 g/mol. The molecular formula is C17H14ClFN2O4S. The van der Waals surface area contributed by atoms with Gasteiger partial charge in [0.05, 0.1) is 10.8 Å². The molecule has 26 heavy (non-hydrogen) atoms. The number of halogens is 2. The van der Waals surface area contributed by atoms with Gasteiger partial charge in [0, 0.05) is 16.6 Å². The van der Waals surface area contributed by atoms with Crippen LogP contribution in [0.3, 0.4) is 0 Å². The van der Waals surface area contributed by atoms with Crippen LogP contribution in [0.25, 0.3) is 0 Å². The molecule has 2 N–H and O–H groups in total. The van der Waals surface area contributed by atoms with Crippen molar-refractivity contribution in [2.24, 2.45) is 0 Å². The van der Waals surface area contributed by atoms with Crippen LogP contribution in [0.15, 0.2) is 41.3 Å². The number of benzene rings is 2. The minimum absolute atomic E-state index is 0.0173. The SMILES string of the molecule is O=C(CSc1ccc(F)c(Cl)c1)NC(=O)Nc1ccc2c(c1)OCCO2. The molecule has 0 atom stereocenters. The van der Waals surface area contributed by atoms with Crippen molar-refractivity contribution < 1.29 is 23.5 Å². The van der Waals surface area contributed by atoms with Crippen molar-refractivity contribution in [3.05, 3.63) is 47.2 Å². The molecule has 0 saturated heterocycles. The van der Waals surface area contributed by atoms with Crippen molar-refractivity contribution in [2.45, 2.75) is 4.90 Å². The number of hydrogen-bond donors (Lipinski definition) is 2. The third-order valence-corrected chi connectivity index (χ3v) is 4.60. The zero-order valence-corrected chi connectivity index (χ0v) is 15.0. The highest BCUT2D eigenvalue weighted by molar-refractivity contribution is 8.00. The summed E-state index contributed by atoms with van der Waals surface area (Å²) in [4.78, 5) is 24.4. The van der Waals surface area contributed by atoms with Gasteiger partial charge in [0.2, 0.25) is 5.91 Å². The largest absolute Gasteiger partial charge is 0.486 e. The maximum Gasteiger partial charge on any atom is 0.325 e. The highest BCUT2D eigenvalue weighted by atomic mass is 35.5. The molecular weight excluding hydrogens is 383 g/mol. The van der Waals surface area contributed by atoms with Gasteiger partial charge in [0.1, 0.15) is 19.0 Å². The molecule has 0 radical (unpaired) electrons. The fourth-order valence-electron chi connectivity index (χ4n) is 2.16. The van der Waals surface area contributed by atoms with E-state index in [1.807, 2.05) is 0 Å². The summed E-state index contributed by atoms with van der Waals surface area (Å²) in [5.41, 5.74) is 0.470. The first kappa shape index (κ1) is 18.3. The Morgan fingerprint density at radius 1 is 1.12 bits per heavy atom. The molecule has 136 valence electrons. The molecule has 0 saturated carbocycles. The van der Waals surface area contributed by atoms with Crippen LogP contribution in [0.1, 0.15) is 0 Å². The Bertz CT molecular complexity index is 850. The normalized spacial score (nSPS) is 12.4. The van der Waals surface area contributed by atoms with Gasteiger partial charge in [-0.05, 0) is 30.3 Å². The Morgan fingerprint density at radius 2 is 1.88 bits per heavy atom. The van der Waals surface area contributed by atoms with E-state index in [0.29, 0.717) is 35.3 Å². The van der Waals surface area contributed by atoms with Gasteiger partial charge < -0.3 is 14.8 Å². The Labute approximate surface area is 158 Å². The molecule has 0 spiro atoms. The van der Waals surface area contributed by atoms with Crippen LogP contribution in [-0.4, -0.2) is 30.9 Å². The Balaban J connectivity index is 1.49. The van der Waals surface area contributed by atoms with Gasteiger partial charge in [0.15, 0.2) is 11.5 Å². The molecule has 3 rings (SSSR count). The van der Waals surface area contributed by atoms with Gasteiger partial charge in [0.25, 0.3) is 0 Å². The van der Waals surface area contributed by atoms with Crippen molar-refractivity contribution in [3.8, 4) is 11.5 Å². The molecule has 1 aliphatic heterocycles. The van der Waals surface area contributed by atoms with Crippen LogP contribution in [0.5, 0.6) is 11.5 Å². The molecule has 2 aromatic rings. The highest BCUT2D eigenvalue weighted by Gasteiger charge is 2.14. The quantitative estimate of drug-likeness (QED) is 0.771. The monoisotopic (exact) mass is 396 g/mol. The highest BCUT2D eigenvalue weighted by Crippen LogP contribution is 2.32. The number of anilines is 1. The summed E-state index contributed by atoms with van der Waals surface area (Å²) in [6.07, 6.45) is 0. The van der Waals surface area contributed by atoms with E-state index >= 15 is 0 Å². The lowest BCUT2D eigenvalue weighted by atomic mass is 10.2. The summed E-state index contributed by atoms with van der Waals surface area (Å²) in [6, 6.07) is 8.43. The average Bonchev–Trinajstić information content (AvgIpc) is 2.62. The Morgan fingerprint density at radius 3 is 2.65 bits per heavy atom. The number of hydrogen-bond acceptors (Lipinski definition) is 5. The fraction of sp³-hybridized carbons (Fsp3) is 0.176. The van der Waals surface area contributed by atoms with Gasteiger partial charge in [-0.1, -0.05) is 11.6 Å². The summed E-state index contributed by atoms with van der Waals surface area (Å²) >= 11 is 6.82. The summed E-state index contributed by atoms with van der Waals surface area (Å²) in [7, 11) is 0. The number of thioether (sulfide) groups is 1. The first-order valence-corrected chi connectivity index (χ1v) is 8.96. The van der Waals surface area contributed by atoms with Gasteiger partial charge in [-0.3, -0.25) is 10.1 Å². The second-order valence-electron chi connectivity index (χ2n) is 5.23. The van der Waals surface area contributed by atoms with Gasteiger partial charge in [-0.25, -0.2) is 9.18 Å². The van der Waals surface area contributed by atoms with Crippen LogP contribution in [0.4, 0.5) is 14.9 Å². The van der Waals surface area contributed by atoms with Crippen LogP contribution in [0.2, 0.25) is 5.02 Å². The van der Waals surface area contributed by atoms with E-state index in [1.54, 1.807) is 18.2 Å². The van der Waals surface area contributed by atoms with Crippen molar-refractivity contribution >= 4 is 41.0 Å². The fourth-order valence-corrected chi connectivity index (χ4v) is 3.14. The number of nitrogens with one attached hydrogen (secondary N) is 2. The van der Waals surface area contributed by atoms with E-state index in [0.717, 1.165) is 11.8 Å².